The zero-order valence-electron chi connectivity index (χ0n) is 27.9. The summed E-state index contributed by atoms with van der Waals surface area (Å²) in [6, 6.07) is 13.5. The Kier molecular flexibility index (Phi) is 18.9. The second kappa shape index (κ2) is 21.5. The molecule has 0 saturated carbocycles. The predicted octanol–water partition coefficient (Wildman–Crippen LogP) is 12.6. The third-order valence-electron chi connectivity index (χ3n) is 8.81. The molecule has 0 unspecified atom stereocenters. The zero-order valence-corrected chi connectivity index (χ0v) is 30.8. The summed E-state index contributed by atoms with van der Waals surface area (Å²) in [6.07, 6.45) is 22.9. The average molecular weight is 672 g/mol. The fourth-order valence-electron chi connectivity index (χ4n) is 5.92. The summed E-state index contributed by atoms with van der Waals surface area (Å²) in [5.41, 5.74) is 5.57. The van der Waals surface area contributed by atoms with Crippen molar-refractivity contribution in [3.05, 3.63) is 58.7 Å². The maximum atomic E-state index is 7.38. The van der Waals surface area contributed by atoms with Crippen LogP contribution in [0.15, 0.2) is 36.4 Å². The molecule has 2 aromatic carbocycles. The van der Waals surface area contributed by atoms with Gasteiger partial charge in [0, 0.05) is 0 Å². The quantitative estimate of drug-likeness (QED) is 0.0817. The van der Waals surface area contributed by atoms with Crippen LogP contribution < -0.4 is 6.15 Å². The van der Waals surface area contributed by atoms with Gasteiger partial charge in [-0.1, -0.05) is 0 Å². The number of rotatable bonds is 24. The monoisotopic (exact) mass is 672 g/mol. The number of benzene rings is 2. The first-order valence-corrected chi connectivity index (χ1v) is 23.9. The molecule has 2 aromatic rings. The van der Waals surface area contributed by atoms with E-state index < -0.39 is 19.2 Å². The van der Waals surface area contributed by atoms with E-state index in [2.05, 4.69) is 77.9 Å². The molecule has 0 N–H and O–H groups in total. The summed E-state index contributed by atoms with van der Waals surface area (Å²) in [6.45, 7) is 13.7. The maximum absolute atomic E-state index is 7.38. The summed E-state index contributed by atoms with van der Waals surface area (Å²) >= 11 is -3.58. The molecule has 0 radical (unpaired) electrons. The van der Waals surface area contributed by atoms with Crippen LogP contribution in [-0.4, -0.2) is 19.2 Å². The second-order valence-electron chi connectivity index (χ2n) is 12.4. The summed E-state index contributed by atoms with van der Waals surface area (Å²) in [7, 11) is 0. The van der Waals surface area contributed by atoms with Gasteiger partial charge in [-0.3, -0.25) is 0 Å². The first-order valence-electron chi connectivity index (χ1n) is 17.5. The SMILES string of the molecule is CCCCCCC[CH2][Sn]([CH2]CCCCCCC)([O]c1cccc(CCCC)c1C)[O]c1cccc(CCCC)c1C. The van der Waals surface area contributed by atoms with Crippen molar-refractivity contribution in [2.45, 2.75) is 166 Å². The third-order valence-corrected chi connectivity index (χ3v) is 18.6. The molecule has 0 atom stereocenters. The molecule has 3 heteroatoms. The van der Waals surface area contributed by atoms with Crippen LogP contribution in [0.25, 0.3) is 0 Å². The molecule has 0 bridgehead atoms. The zero-order chi connectivity index (χ0) is 29.8. The van der Waals surface area contributed by atoms with Crippen LogP contribution in [0.3, 0.4) is 0 Å². The molecule has 0 aromatic heterocycles. The van der Waals surface area contributed by atoms with Crippen LogP contribution in [-0.2, 0) is 12.8 Å². The van der Waals surface area contributed by atoms with E-state index in [-0.39, 0.29) is 0 Å². The Labute approximate surface area is 260 Å². The predicted molar refractivity (Wildman–Crippen MR) is 183 cm³/mol. The normalized spacial score (nSPS) is 11.7. The van der Waals surface area contributed by atoms with E-state index in [0.29, 0.717) is 0 Å². The molecular weight excluding hydrogens is 607 g/mol. The van der Waals surface area contributed by atoms with E-state index in [9.17, 15) is 0 Å². The number of hydrogen-bond acceptors (Lipinski definition) is 2. The molecule has 41 heavy (non-hydrogen) atoms. The molecular formula is C38H64O2Sn. The van der Waals surface area contributed by atoms with E-state index in [4.69, 9.17) is 6.15 Å². The van der Waals surface area contributed by atoms with Gasteiger partial charge in [-0.15, -0.1) is 0 Å². The average Bonchev–Trinajstić information content (AvgIpc) is 2.97. The molecule has 0 amide bonds. The molecule has 2 nitrogen and oxygen atoms in total. The minimum absolute atomic E-state index is 1.10. The van der Waals surface area contributed by atoms with Crippen molar-refractivity contribution < 1.29 is 6.15 Å². The van der Waals surface area contributed by atoms with Gasteiger partial charge in [0.2, 0.25) is 0 Å². The van der Waals surface area contributed by atoms with Crippen LogP contribution in [0.5, 0.6) is 11.5 Å². The van der Waals surface area contributed by atoms with Crippen molar-refractivity contribution in [2.75, 3.05) is 0 Å². The summed E-state index contributed by atoms with van der Waals surface area (Å²) < 4.78 is 17.0. The number of unbranched alkanes of at least 4 members (excludes halogenated alkanes) is 12. The fraction of sp³-hybridized carbons (Fsp3) is 0.684. The van der Waals surface area contributed by atoms with Crippen LogP contribution in [0, 0.1) is 13.8 Å². The molecule has 0 aliphatic rings. The van der Waals surface area contributed by atoms with Crippen molar-refractivity contribution in [1.82, 2.24) is 0 Å². The van der Waals surface area contributed by atoms with E-state index >= 15 is 0 Å². The Bertz CT molecular complexity index is 876. The van der Waals surface area contributed by atoms with Crippen molar-refractivity contribution in [1.29, 1.82) is 0 Å². The van der Waals surface area contributed by atoms with Gasteiger partial charge in [0.1, 0.15) is 0 Å². The molecule has 0 heterocycles. The Morgan fingerprint density at radius 3 is 1.22 bits per heavy atom. The van der Waals surface area contributed by atoms with Gasteiger partial charge in [-0.25, -0.2) is 0 Å². The third kappa shape index (κ3) is 13.3. The van der Waals surface area contributed by atoms with E-state index in [1.807, 2.05) is 0 Å². The van der Waals surface area contributed by atoms with Gasteiger partial charge < -0.3 is 0 Å². The van der Waals surface area contributed by atoms with Gasteiger partial charge in [-0.2, -0.15) is 0 Å². The van der Waals surface area contributed by atoms with E-state index in [0.717, 1.165) is 33.2 Å². The number of hydrogen-bond donors (Lipinski definition) is 0. The summed E-state index contributed by atoms with van der Waals surface area (Å²) in [5, 5.41) is 0. The number of aryl methyl sites for hydroxylation is 2. The molecule has 232 valence electrons. The van der Waals surface area contributed by atoms with Crippen LogP contribution in [0.1, 0.15) is 153 Å². The van der Waals surface area contributed by atoms with E-state index in [1.165, 1.54) is 125 Å². The van der Waals surface area contributed by atoms with Crippen molar-refractivity contribution in [2.24, 2.45) is 0 Å². The van der Waals surface area contributed by atoms with E-state index in [1.54, 1.807) is 0 Å². The molecule has 2 rings (SSSR count). The molecule has 0 fully saturated rings. The van der Waals surface area contributed by atoms with Gasteiger partial charge >= 0.3 is 261 Å². The summed E-state index contributed by atoms with van der Waals surface area (Å²) in [4.78, 5) is 0. The van der Waals surface area contributed by atoms with Crippen molar-refractivity contribution in [3.63, 3.8) is 0 Å². The van der Waals surface area contributed by atoms with Crippen LogP contribution >= 0.6 is 0 Å². The van der Waals surface area contributed by atoms with Crippen molar-refractivity contribution in [3.8, 4) is 11.5 Å². The Hall–Kier alpha value is -1.16. The van der Waals surface area contributed by atoms with Gasteiger partial charge in [0.15, 0.2) is 0 Å². The first-order chi connectivity index (χ1) is 20.0. The first kappa shape index (κ1) is 36.0. The van der Waals surface area contributed by atoms with Crippen LogP contribution in [0.4, 0.5) is 0 Å². The Balaban J connectivity index is 2.40. The molecule has 0 aliphatic carbocycles. The van der Waals surface area contributed by atoms with Gasteiger partial charge in [0.05, 0.1) is 0 Å². The topological polar surface area (TPSA) is 18.5 Å². The Morgan fingerprint density at radius 2 is 0.829 bits per heavy atom. The van der Waals surface area contributed by atoms with Crippen molar-refractivity contribution >= 4 is 19.2 Å². The standard InChI is InChI=1S/2C11H16O.2C8H17.Sn/c2*1-3-4-6-10-7-5-8-11(12)9(10)2;2*1-3-5-7-8-6-4-2;/h2*5,7-8,12H,3-4,6H2,1-2H3;2*1,3-8H2,2H3;/q;;;;+2/p-2. The fourth-order valence-corrected chi connectivity index (χ4v) is 16.0. The second-order valence-corrected chi connectivity index (χ2v) is 21.7. The molecule has 0 spiro atoms. The molecule has 0 aliphatic heterocycles. The summed E-state index contributed by atoms with van der Waals surface area (Å²) in [5.74, 6) is 2.21. The van der Waals surface area contributed by atoms with Gasteiger partial charge in [0.25, 0.3) is 0 Å². The van der Waals surface area contributed by atoms with Crippen LogP contribution in [0.2, 0.25) is 8.87 Å². The Morgan fingerprint density at radius 1 is 0.463 bits per heavy atom. The molecule has 0 saturated heterocycles. The van der Waals surface area contributed by atoms with Gasteiger partial charge in [-0.05, 0) is 0 Å². The minimum atomic E-state index is -3.58.